The van der Waals surface area contributed by atoms with E-state index in [-0.39, 0.29) is 6.10 Å². The highest BCUT2D eigenvalue weighted by Crippen LogP contribution is 2.61. The number of rotatable bonds is 3. The first kappa shape index (κ1) is 14.4. The smallest absolute Gasteiger partial charge is 0.0545 e. The monoisotopic (exact) mass is 252 g/mol. The predicted molar refractivity (Wildman–Crippen MR) is 77.5 cm³/mol. The fourth-order valence-electron chi connectivity index (χ4n) is 4.76. The molecule has 2 fully saturated rings. The summed E-state index contributed by atoms with van der Waals surface area (Å²) in [5.74, 6) is 1.72. The van der Waals surface area contributed by atoms with Crippen LogP contribution in [0.2, 0.25) is 0 Å². The van der Waals surface area contributed by atoms with Gasteiger partial charge in [0.15, 0.2) is 0 Å². The van der Waals surface area contributed by atoms with E-state index in [0.29, 0.717) is 10.8 Å². The molecule has 18 heavy (non-hydrogen) atoms. The molecule has 106 valence electrons. The maximum Gasteiger partial charge on any atom is 0.0545 e. The van der Waals surface area contributed by atoms with Crippen LogP contribution in [0.1, 0.15) is 79.1 Å². The second-order valence-electron chi connectivity index (χ2n) is 7.94. The van der Waals surface area contributed by atoms with Crippen molar-refractivity contribution in [3.8, 4) is 0 Å². The third-order valence-electron chi connectivity index (χ3n) is 6.34. The van der Waals surface area contributed by atoms with Gasteiger partial charge < -0.3 is 5.11 Å². The molecule has 0 aromatic rings. The second kappa shape index (κ2) is 5.15. The summed E-state index contributed by atoms with van der Waals surface area (Å²) >= 11 is 0. The molecule has 4 unspecified atom stereocenters. The van der Waals surface area contributed by atoms with Crippen LogP contribution in [0.5, 0.6) is 0 Å². The van der Waals surface area contributed by atoms with Crippen molar-refractivity contribution in [2.75, 3.05) is 0 Å². The van der Waals surface area contributed by atoms with E-state index in [9.17, 15) is 5.11 Å². The number of fused-ring (bicyclic) bond motifs is 1. The predicted octanol–water partition coefficient (Wildman–Crippen LogP) is 4.78. The van der Waals surface area contributed by atoms with Crippen molar-refractivity contribution in [1.29, 1.82) is 0 Å². The van der Waals surface area contributed by atoms with E-state index in [0.717, 1.165) is 24.7 Å². The topological polar surface area (TPSA) is 20.2 Å². The Hall–Kier alpha value is -0.0400. The van der Waals surface area contributed by atoms with Crippen LogP contribution in [-0.4, -0.2) is 11.2 Å². The molecule has 2 aliphatic carbocycles. The van der Waals surface area contributed by atoms with Crippen LogP contribution in [0.4, 0.5) is 0 Å². The number of aliphatic hydroxyl groups excluding tert-OH is 1. The van der Waals surface area contributed by atoms with Crippen LogP contribution in [0.25, 0.3) is 0 Å². The van der Waals surface area contributed by atoms with Gasteiger partial charge in [0.25, 0.3) is 0 Å². The Kier molecular flexibility index (Phi) is 4.11. The molecule has 0 aromatic heterocycles. The van der Waals surface area contributed by atoms with E-state index >= 15 is 0 Å². The van der Waals surface area contributed by atoms with Gasteiger partial charge in [0.2, 0.25) is 0 Å². The fraction of sp³-hybridized carbons (Fsp3) is 1.00. The lowest BCUT2D eigenvalue weighted by molar-refractivity contribution is -0.113. The molecule has 0 radical (unpaired) electrons. The van der Waals surface area contributed by atoms with E-state index in [1.807, 2.05) is 0 Å². The summed E-state index contributed by atoms with van der Waals surface area (Å²) in [7, 11) is 0. The molecule has 2 saturated carbocycles. The number of hydrogen-bond donors (Lipinski definition) is 1. The zero-order chi connectivity index (χ0) is 13.4. The van der Waals surface area contributed by atoms with Crippen molar-refractivity contribution < 1.29 is 5.11 Å². The maximum atomic E-state index is 10.0. The lowest BCUT2D eigenvalue weighted by Gasteiger charge is -2.59. The summed E-state index contributed by atoms with van der Waals surface area (Å²) in [5, 5.41) is 10.0. The summed E-state index contributed by atoms with van der Waals surface area (Å²) in [6, 6.07) is 0. The SMILES string of the molecule is CC(C)CCC1CCCC2(C)CC(O)CCC12C. The van der Waals surface area contributed by atoms with Crippen molar-refractivity contribution in [3.63, 3.8) is 0 Å². The van der Waals surface area contributed by atoms with Crippen molar-refractivity contribution in [3.05, 3.63) is 0 Å². The van der Waals surface area contributed by atoms with Gasteiger partial charge in [-0.25, -0.2) is 0 Å². The highest BCUT2D eigenvalue weighted by Gasteiger charge is 2.53. The molecule has 4 atom stereocenters. The number of aliphatic hydroxyl groups is 1. The second-order valence-corrected chi connectivity index (χ2v) is 7.94. The highest BCUT2D eigenvalue weighted by atomic mass is 16.3. The first-order chi connectivity index (χ1) is 8.37. The molecular weight excluding hydrogens is 220 g/mol. The molecule has 0 aromatic carbocycles. The molecule has 0 bridgehead atoms. The van der Waals surface area contributed by atoms with E-state index in [4.69, 9.17) is 0 Å². The van der Waals surface area contributed by atoms with Gasteiger partial charge >= 0.3 is 0 Å². The third kappa shape index (κ3) is 2.48. The first-order valence-electron chi connectivity index (χ1n) is 8.05. The average Bonchev–Trinajstić information content (AvgIpc) is 2.27. The van der Waals surface area contributed by atoms with Gasteiger partial charge in [-0.2, -0.15) is 0 Å². The van der Waals surface area contributed by atoms with Crippen LogP contribution in [-0.2, 0) is 0 Å². The van der Waals surface area contributed by atoms with E-state index in [2.05, 4.69) is 27.7 Å². The van der Waals surface area contributed by atoms with Crippen molar-refractivity contribution in [2.24, 2.45) is 22.7 Å². The Morgan fingerprint density at radius 3 is 2.56 bits per heavy atom. The van der Waals surface area contributed by atoms with Gasteiger partial charge in [-0.3, -0.25) is 0 Å². The molecule has 1 nitrogen and oxygen atoms in total. The molecular formula is C17H32O. The minimum Gasteiger partial charge on any atom is -0.393 e. The molecule has 2 aliphatic rings. The van der Waals surface area contributed by atoms with Crippen LogP contribution in [0.15, 0.2) is 0 Å². The van der Waals surface area contributed by atoms with E-state index in [1.165, 1.54) is 38.5 Å². The zero-order valence-corrected chi connectivity index (χ0v) is 12.8. The van der Waals surface area contributed by atoms with Crippen LogP contribution in [0, 0.1) is 22.7 Å². The highest BCUT2D eigenvalue weighted by molar-refractivity contribution is 5.03. The molecule has 0 aliphatic heterocycles. The van der Waals surface area contributed by atoms with Gasteiger partial charge in [-0.15, -0.1) is 0 Å². The van der Waals surface area contributed by atoms with E-state index < -0.39 is 0 Å². The van der Waals surface area contributed by atoms with Gasteiger partial charge in [0, 0.05) is 0 Å². The van der Waals surface area contributed by atoms with E-state index in [1.54, 1.807) is 0 Å². The maximum absolute atomic E-state index is 10.0. The van der Waals surface area contributed by atoms with Gasteiger partial charge in [-0.05, 0) is 61.2 Å². The normalized spacial score (nSPS) is 45.0. The van der Waals surface area contributed by atoms with Crippen LogP contribution in [0.3, 0.4) is 0 Å². The zero-order valence-electron chi connectivity index (χ0n) is 12.8. The quantitative estimate of drug-likeness (QED) is 0.766. The molecule has 0 amide bonds. The van der Waals surface area contributed by atoms with Crippen molar-refractivity contribution in [1.82, 2.24) is 0 Å². The molecule has 0 spiro atoms. The standard InChI is InChI=1S/C17H32O/c1-13(2)7-8-14-6-5-10-16(3)12-15(18)9-11-17(14,16)4/h13-15,18H,5-12H2,1-4H3. The average molecular weight is 252 g/mol. The molecule has 1 heteroatoms. The summed E-state index contributed by atoms with van der Waals surface area (Å²) < 4.78 is 0. The molecule has 0 heterocycles. The lowest BCUT2D eigenvalue weighted by atomic mass is 9.47. The molecule has 0 saturated heterocycles. The molecule has 1 N–H and O–H groups in total. The summed E-state index contributed by atoms with van der Waals surface area (Å²) in [5.41, 5.74) is 0.879. The largest absolute Gasteiger partial charge is 0.393 e. The van der Waals surface area contributed by atoms with Crippen LogP contribution >= 0.6 is 0 Å². The third-order valence-corrected chi connectivity index (χ3v) is 6.34. The Balaban J connectivity index is 2.12. The van der Waals surface area contributed by atoms with Gasteiger partial charge in [-0.1, -0.05) is 40.5 Å². The summed E-state index contributed by atoms with van der Waals surface area (Å²) in [6.07, 6.45) is 10.2. The van der Waals surface area contributed by atoms with Crippen LogP contribution < -0.4 is 0 Å². The Morgan fingerprint density at radius 2 is 1.89 bits per heavy atom. The number of hydrogen-bond acceptors (Lipinski definition) is 1. The molecule has 2 rings (SSSR count). The Labute approximate surface area is 113 Å². The summed E-state index contributed by atoms with van der Waals surface area (Å²) in [4.78, 5) is 0. The minimum absolute atomic E-state index is 0.0353. The lowest BCUT2D eigenvalue weighted by Crippen LogP contribution is -2.51. The Morgan fingerprint density at radius 1 is 1.17 bits per heavy atom. The summed E-state index contributed by atoms with van der Waals surface area (Å²) in [6.45, 7) is 9.67. The van der Waals surface area contributed by atoms with Crippen molar-refractivity contribution >= 4 is 0 Å². The van der Waals surface area contributed by atoms with Gasteiger partial charge in [0.05, 0.1) is 6.10 Å². The fourth-order valence-corrected chi connectivity index (χ4v) is 4.76. The minimum atomic E-state index is -0.0353. The van der Waals surface area contributed by atoms with Crippen molar-refractivity contribution in [2.45, 2.75) is 85.2 Å². The first-order valence-corrected chi connectivity index (χ1v) is 8.05. The van der Waals surface area contributed by atoms with Gasteiger partial charge in [0.1, 0.15) is 0 Å². The Bertz CT molecular complexity index is 285.